The maximum absolute atomic E-state index is 11.5. The van der Waals surface area contributed by atoms with Crippen LogP contribution in [0.2, 0.25) is 5.02 Å². The van der Waals surface area contributed by atoms with Crippen LogP contribution in [0.1, 0.15) is 0 Å². The number of rotatable bonds is 2. The average Bonchev–Trinajstić information content (AvgIpc) is 2.43. The number of aromatic nitrogens is 1. The predicted molar refractivity (Wildman–Crippen MR) is 60.3 cm³/mol. The van der Waals surface area contributed by atoms with Gasteiger partial charge >= 0.3 is 4.87 Å². The molecule has 0 bridgehead atoms. The quantitative estimate of drug-likeness (QED) is 0.860. The second-order valence-electron chi connectivity index (χ2n) is 3.03. The van der Waals surface area contributed by atoms with Gasteiger partial charge in [-0.1, -0.05) is 22.9 Å². The Hall–Kier alpha value is -1.33. The highest BCUT2D eigenvalue weighted by Crippen LogP contribution is 2.21. The first kappa shape index (κ1) is 10.2. The maximum atomic E-state index is 11.5. The summed E-state index contributed by atoms with van der Waals surface area (Å²) in [6.07, 6.45) is 0. The lowest BCUT2D eigenvalue weighted by atomic mass is 10.3. The minimum absolute atomic E-state index is 0.112. The van der Waals surface area contributed by atoms with Gasteiger partial charge in [-0.25, -0.2) is 0 Å². The van der Waals surface area contributed by atoms with Crippen LogP contribution in [0.3, 0.4) is 0 Å². The van der Waals surface area contributed by atoms with E-state index in [1.54, 1.807) is 18.2 Å². The third-order valence-electron chi connectivity index (χ3n) is 1.94. The van der Waals surface area contributed by atoms with Gasteiger partial charge in [0.2, 0.25) is 5.91 Å². The number of benzene rings is 1. The second kappa shape index (κ2) is 3.67. The first-order chi connectivity index (χ1) is 7.08. The van der Waals surface area contributed by atoms with Crippen molar-refractivity contribution in [3.63, 3.8) is 0 Å². The molecule has 2 N–H and O–H groups in total. The van der Waals surface area contributed by atoms with Crippen LogP contribution >= 0.6 is 22.9 Å². The fraction of sp³-hybridized carbons (Fsp3) is 0.111. The highest BCUT2D eigenvalue weighted by atomic mass is 35.5. The van der Waals surface area contributed by atoms with E-state index in [-0.39, 0.29) is 11.4 Å². The largest absolute Gasteiger partial charge is 0.368 e. The summed E-state index contributed by atoms with van der Waals surface area (Å²) in [6.45, 7) is -0.112. The molecule has 1 aromatic carbocycles. The van der Waals surface area contributed by atoms with Crippen molar-refractivity contribution in [2.75, 3.05) is 0 Å². The number of carbonyl (C=O) groups is 1. The summed E-state index contributed by atoms with van der Waals surface area (Å²) in [5.41, 5.74) is 5.70. The first-order valence-electron chi connectivity index (χ1n) is 4.15. The third-order valence-corrected chi connectivity index (χ3v) is 3.14. The molecule has 1 aromatic heterocycles. The van der Waals surface area contributed by atoms with Crippen LogP contribution in [0, 0.1) is 0 Å². The SMILES string of the molecule is NC(=O)Cn1c(=O)sc2ccc(Cl)cc21. The molecule has 78 valence electrons. The molecule has 1 heterocycles. The van der Waals surface area contributed by atoms with Crippen LogP contribution in [-0.2, 0) is 11.3 Å². The Labute approximate surface area is 93.9 Å². The summed E-state index contributed by atoms with van der Waals surface area (Å²) in [4.78, 5) is 22.1. The van der Waals surface area contributed by atoms with Crippen molar-refractivity contribution in [1.29, 1.82) is 0 Å². The smallest absolute Gasteiger partial charge is 0.308 e. The fourth-order valence-corrected chi connectivity index (χ4v) is 2.38. The normalized spacial score (nSPS) is 10.7. The van der Waals surface area contributed by atoms with Gasteiger partial charge in [0.05, 0.1) is 10.2 Å². The average molecular weight is 243 g/mol. The zero-order valence-electron chi connectivity index (χ0n) is 7.57. The molecule has 0 aliphatic heterocycles. The second-order valence-corrected chi connectivity index (χ2v) is 4.46. The minimum Gasteiger partial charge on any atom is -0.368 e. The van der Waals surface area contributed by atoms with Crippen molar-refractivity contribution in [3.05, 3.63) is 32.9 Å². The molecule has 0 atom stereocenters. The van der Waals surface area contributed by atoms with E-state index in [2.05, 4.69) is 0 Å². The number of thiazole rings is 1. The van der Waals surface area contributed by atoms with Crippen molar-refractivity contribution >= 4 is 39.1 Å². The summed E-state index contributed by atoms with van der Waals surface area (Å²) in [7, 11) is 0. The summed E-state index contributed by atoms with van der Waals surface area (Å²) >= 11 is 6.88. The highest BCUT2D eigenvalue weighted by Gasteiger charge is 2.09. The molecular weight excluding hydrogens is 236 g/mol. The molecule has 4 nitrogen and oxygen atoms in total. The van der Waals surface area contributed by atoms with Crippen LogP contribution in [0.15, 0.2) is 23.0 Å². The number of fused-ring (bicyclic) bond motifs is 1. The van der Waals surface area contributed by atoms with Crippen molar-refractivity contribution in [2.45, 2.75) is 6.54 Å². The van der Waals surface area contributed by atoms with Crippen LogP contribution in [0.25, 0.3) is 10.2 Å². The number of hydrogen-bond acceptors (Lipinski definition) is 3. The molecule has 2 aromatic rings. The van der Waals surface area contributed by atoms with Crippen LogP contribution in [-0.4, -0.2) is 10.5 Å². The summed E-state index contributed by atoms with van der Waals surface area (Å²) in [6, 6.07) is 5.10. The lowest BCUT2D eigenvalue weighted by Gasteiger charge is -1.99. The molecule has 2 rings (SSSR count). The van der Waals surface area contributed by atoms with Gasteiger partial charge in [0.15, 0.2) is 0 Å². The van der Waals surface area contributed by atoms with Gasteiger partial charge in [0.25, 0.3) is 0 Å². The summed E-state index contributed by atoms with van der Waals surface area (Å²) in [5, 5.41) is 0.526. The van der Waals surface area contributed by atoms with Gasteiger partial charge in [0.1, 0.15) is 6.54 Å². The molecule has 1 amide bonds. The number of carbonyl (C=O) groups excluding carboxylic acids is 1. The topological polar surface area (TPSA) is 65.1 Å². The lowest BCUT2D eigenvalue weighted by molar-refractivity contribution is -0.118. The van der Waals surface area contributed by atoms with Crippen molar-refractivity contribution in [1.82, 2.24) is 4.57 Å². The van der Waals surface area contributed by atoms with E-state index in [0.29, 0.717) is 10.5 Å². The van der Waals surface area contributed by atoms with E-state index in [9.17, 15) is 9.59 Å². The van der Waals surface area contributed by atoms with Gasteiger partial charge in [-0.15, -0.1) is 0 Å². The van der Waals surface area contributed by atoms with Gasteiger partial charge < -0.3 is 5.73 Å². The van der Waals surface area contributed by atoms with E-state index in [4.69, 9.17) is 17.3 Å². The molecule has 0 saturated carbocycles. The molecule has 0 unspecified atom stereocenters. The van der Waals surface area contributed by atoms with E-state index in [1.165, 1.54) is 4.57 Å². The fourth-order valence-electron chi connectivity index (χ4n) is 1.34. The van der Waals surface area contributed by atoms with Crippen LogP contribution in [0.4, 0.5) is 0 Å². The van der Waals surface area contributed by atoms with Crippen molar-refractivity contribution < 1.29 is 4.79 Å². The lowest BCUT2D eigenvalue weighted by Crippen LogP contribution is -2.24. The molecular formula is C9H7ClN2O2S. The Morgan fingerprint density at radius 2 is 2.27 bits per heavy atom. The van der Waals surface area contributed by atoms with Gasteiger partial charge in [-0.05, 0) is 18.2 Å². The molecule has 0 fully saturated rings. The van der Waals surface area contributed by atoms with Gasteiger partial charge in [0, 0.05) is 5.02 Å². The molecule has 0 spiro atoms. The number of nitrogens with two attached hydrogens (primary N) is 1. The van der Waals surface area contributed by atoms with Crippen LogP contribution in [0.5, 0.6) is 0 Å². The predicted octanol–water partition coefficient (Wildman–Crippen LogP) is 1.20. The number of hydrogen-bond donors (Lipinski definition) is 1. The van der Waals surface area contributed by atoms with Gasteiger partial charge in [-0.2, -0.15) is 0 Å². The van der Waals surface area contributed by atoms with E-state index < -0.39 is 5.91 Å². The molecule has 6 heteroatoms. The zero-order valence-corrected chi connectivity index (χ0v) is 9.14. The number of halogens is 1. The number of primary amides is 1. The first-order valence-corrected chi connectivity index (χ1v) is 5.34. The van der Waals surface area contributed by atoms with E-state index in [1.807, 2.05) is 0 Å². The highest BCUT2D eigenvalue weighted by molar-refractivity contribution is 7.16. The van der Waals surface area contributed by atoms with Gasteiger partial charge in [-0.3, -0.25) is 14.2 Å². The maximum Gasteiger partial charge on any atom is 0.308 e. The third kappa shape index (κ3) is 1.88. The Balaban J connectivity index is 2.70. The number of amides is 1. The number of nitrogens with zero attached hydrogens (tertiary/aromatic N) is 1. The Kier molecular flexibility index (Phi) is 2.50. The molecule has 15 heavy (non-hydrogen) atoms. The molecule has 0 aliphatic carbocycles. The Bertz CT molecular complexity index is 587. The Morgan fingerprint density at radius 3 is 2.93 bits per heavy atom. The minimum atomic E-state index is -0.545. The molecule has 0 radical (unpaired) electrons. The standard InChI is InChI=1S/C9H7ClN2O2S/c10-5-1-2-7-6(3-5)12(4-8(11)13)9(14)15-7/h1-3H,4H2,(H2,11,13). The van der Waals surface area contributed by atoms with E-state index >= 15 is 0 Å². The van der Waals surface area contributed by atoms with Crippen molar-refractivity contribution in [3.8, 4) is 0 Å². The summed E-state index contributed by atoms with van der Waals surface area (Å²) in [5.74, 6) is -0.545. The summed E-state index contributed by atoms with van der Waals surface area (Å²) < 4.78 is 2.12. The Morgan fingerprint density at radius 1 is 1.53 bits per heavy atom. The van der Waals surface area contributed by atoms with E-state index in [0.717, 1.165) is 16.0 Å². The monoisotopic (exact) mass is 242 g/mol. The molecule has 0 aliphatic rings. The van der Waals surface area contributed by atoms with Crippen LogP contribution < -0.4 is 10.6 Å². The van der Waals surface area contributed by atoms with Crippen molar-refractivity contribution in [2.24, 2.45) is 5.73 Å². The zero-order chi connectivity index (χ0) is 11.0. The molecule has 0 saturated heterocycles.